The summed E-state index contributed by atoms with van der Waals surface area (Å²) in [5, 5.41) is 9.77. The summed E-state index contributed by atoms with van der Waals surface area (Å²) in [5.74, 6) is -0.746. The highest BCUT2D eigenvalue weighted by Crippen LogP contribution is 2.32. The number of aliphatic hydroxyl groups excluding tert-OH is 1. The van der Waals surface area contributed by atoms with Crippen LogP contribution in [0.15, 0.2) is 24.3 Å². The maximum atomic E-state index is 12.9. The van der Waals surface area contributed by atoms with Gasteiger partial charge in [-0.3, -0.25) is 4.79 Å². The number of hydrogen-bond donors (Lipinski definition) is 1. The molecule has 1 aromatic carbocycles. The van der Waals surface area contributed by atoms with Gasteiger partial charge in [-0.25, -0.2) is 0 Å². The average Bonchev–Trinajstić information content (AvgIpc) is 2.79. The van der Waals surface area contributed by atoms with E-state index in [0.29, 0.717) is 6.61 Å². The van der Waals surface area contributed by atoms with Gasteiger partial charge in [0.15, 0.2) is 0 Å². The van der Waals surface area contributed by atoms with Gasteiger partial charge >= 0.3 is 6.18 Å². The van der Waals surface area contributed by atoms with E-state index in [1.165, 1.54) is 17.0 Å². The molecule has 1 aliphatic rings. The van der Waals surface area contributed by atoms with Crippen LogP contribution in [0.3, 0.4) is 0 Å². The summed E-state index contributed by atoms with van der Waals surface area (Å²) in [6.45, 7) is 2.16. The zero-order chi connectivity index (χ0) is 15.6. The topological polar surface area (TPSA) is 49.8 Å². The Bertz CT molecular complexity index is 518. The number of nitrogens with zero attached hydrogens (tertiary/aromatic N) is 1. The predicted octanol–water partition coefficient (Wildman–Crippen LogP) is 1.93. The number of carbonyl (C=O) groups is 1. The fourth-order valence-electron chi connectivity index (χ4n) is 2.39. The molecule has 1 N–H and O–H groups in total. The van der Waals surface area contributed by atoms with E-state index < -0.39 is 35.4 Å². The zero-order valence-electron chi connectivity index (χ0n) is 11.4. The standard InChI is InChI=1S/C14H16F3NO3/c1-2-21-12-8-18(7-11(12)19)13(20)9-5-3-4-6-10(9)14(15,16)17/h3-6,11-12,19H,2,7-8H2,1H3/t11-,12-/m1/s1. The number of benzene rings is 1. The molecule has 0 saturated carbocycles. The number of ether oxygens (including phenoxy) is 1. The second-order valence-corrected chi connectivity index (χ2v) is 4.81. The number of β-amino-alcohol motifs (C(OH)–C–C–N with tert-alkyl or cyclic N) is 1. The molecule has 0 unspecified atom stereocenters. The number of amides is 1. The molecule has 1 amide bonds. The molecule has 0 aliphatic carbocycles. The van der Waals surface area contributed by atoms with E-state index in [-0.39, 0.29) is 13.1 Å². The Morgan fingerprint density at radius 3 is 2.67 bits per heavy atom. The van der Waals surface area contributed by atoms with Crippen molar-refractivity contribution in [3.63, 3.8) is 0 Å². The van der Waals surface area contributed by atoms with Gasteiger partial charge in [0.05, 0.1) is 17.2 Å². The van der Waals surface area contributed by atoms with Crippen molar-refractivity contribution in [1.82, 2.24) is 4.90 Å². The van der Waals surface area contributed by atoms with Crippen LogP contribution >= 0.6 is 0 Å². The number of carbonyl (C=O) groups excluding carboxylic acids is 1. The highest BCUT2D eigenvalue weighted by atomic mass is 19.4. The van der Waals surface area contributed by atoms with E-state index in [4.69, 9.17) is 4.74 Å². The third-order valence-corrected chi connectivity index (χ3v) is 3.37. The van der Waals surface area contributed by atoms with Crippen molar-refractivity contribution in [2.45, 2.75) is 25.3 Å². The summed E-state index contributed by atoms with van der Waals surface area (Å²) < 4.78 is 44.0. The van der Waals surface area contributed by atoms with Crippen molar-refractivity contribution < 1.29 is 27.8 Å². The summed E-state index contributed by atoms with van der Waals surface area (Å²) in [5.41, 5.74) is -1.38. The van der Waals surface area contributed by atoms with Crippen LogP contribution in [0.25, 0.3) is 0 Å². The van der Waals surface area contributed by atoms with Gasteiger partial charge < -0.3 is 14.7 Å². The van der Waals surface area contributed by atoms with Gasteiger partial charge in [-0.2, -0.15) is 13.2 Å². The molecule has 2 atom stereocenters. The van der Waals surface area contributed by atoms with Gasteiger partial charge in [0, 0.05) is 19.7 Å². The number of hydrogen-bond acceptors (Lipinski definition) is 3. The smallest absolute Gasteiger partial charge is 0.388 e. The summed E-state index contributed by atoms with van der Waals surface area (Å²) in [6.07, 6.45) is -6.03. The summed E-state index contributed by atoms with van der Waals surface area (Å²) in [6, 6.07) is 4.64. The highest BCUT2D eigenvalue weighted by Gasteiger charge is 2.39. The number of halogens is 3. The molecule has 0 radical (unpaired) electrons. The molecule has 116 valence electrons. The lowest BCUT2D eigenvalue weighted by Gasteiger charge is -2.19. The van der Waals surface area contributed by atoms with Crippen LogP contribution in [0.2, 0.25) is 0 Å². The van der Waals surface area contributed by atoms with Crippen molar-refractivity contribution >= 4 is 5.91 Å². The Morgan fingerprint density at radius 1 is 1.38 bits per heavy atom. The minimum Gasteiger partial charge on any atom is -0.388 e. The summed E-state index contributed by atoms with van der Waals surface area (Å²) in [4.78, 5) is 13.5. The van der Waals surface area contributed by atoms with Crippen molar-refractivity contribution in [3.8, 4) is 0 Å². The number of aliphatic hydroxyl groups is 1. The molecule has 1 aliphatic heterocycles. The number of alkyl halides is 3. The highest BCUT2D eigenvalue weighted by molar-refractivity contribution is 5.96. The Balaban J connectivity index is 2.22. The van der Waals surface area contributed by atoms with Gasteiger partial charge in [-0.05, 0) is 19.1 Å². The van der Waals surface area contributed by atoms with Crippen molar-refractivity contribution in [2.24, 2.45) is 0 Å². The van der Waals surface area contributed by atoms with Gasteiger partial charge in [0.2, 0.25) is 0 Å². The van der Waals surface area contributed by atoms with E-state index in [0.717, 1.165) is 12.1 Å². The lowest BCUT2D eigenvalue weighted by molar-refractivity contribution is -0.138. The first-order valence-electron chi connectivity index (χ1n) is 6.59. The van der Waals surface area contributed by atoms with Crippen LogP contribution in [0.5, 0.6) is 0 Å². The lowest BCUT2D eigenvalue weighted by atomic mass is 10.1. The first-order valence-corrected chi connectivity index (χ1v) is 6.59. The largest absolute Gasteiger partial charge is 0.417 e. The molecule has 0 bridgehead atoms. The number of rotatable bonds is 3. The molecular formula is C14H16F3NO3. The van der Waals surface area contributed by atoms with Crippen LogP contribution in [0.4, 0.5) is 13.2 Å². The second-order valence-electron chi connectivity index (χ2n) is 4.81. The van der Waals surface area contributed by atoms with Crippen LogP contribution in [0, 0.1) is 0 Å². The Labute approximate surface area is 120 Å². The van der Waals surface area contributed by atoms with Crippen molar-refractivity contribution in [3.05, 3.63) is 35.4 Å². The molecule has 4 nitrogen and oxygen atoms in total. The van der Waals surface area contributed by atoms with Crippen molar-refractivity contribution in [1.29, 1.82) is 0 Å². The normalized spacial score (nSPS) is 22.6. The minimum absolute atomic E-state index is 0.0321. The van der Waals surface area contributed by atoms with Gasteiger partial charge in [0.25, 0.3) is 5.91 Å². The minimum atomic E-state index is -4.59. The average molecular weight is 303 g/mol. The van der Waals surface area contributed by atoms with Crippen molar-refractivity contribution in [2.75, 3.05) is 19.7 Å². The van der Waals surface area contributed by atoms with E-state index in [1.54, 1.807) is 6.92 Å². The monoisotopic (exact) mass is 303 g/mol. The second kappa shape index (κ2) is 6.03. The molecule has 0 spiro atoms. The molecule has 2 rings (SSSR count). The first-order chi connectivity index (χ1) is 9.84. The summed E-state index contributed by atoms with van der Waals surface area (Å²) >= 11 is 0. The van der Waals surface area contributed by atoms with E-state index in [1.807, 2.05) is 0 Å². The Kier molecular flexibility index (Phi) is 4.53. The molecule has 1 aromatic rings. The quantitative estimate of drug-likeness (QED) is 0.928. The molecule has 1 fully saturated rings. The molecule has 0 aromatic heterocycles. The Morgan fingerprint density at radius 2 is 2.05 bits per heavy atom. The van der Waals surface area contributed by atoms with Crippen LogP contribution < -0.4 is 0 Å². The maximum absolute atomic E-state index is 12.9. The molecular weight excluding hydrogens is 287 g/mol. The van der Waals surface area contributed by atoms with Crippen LogP contribution in [-0.2, 0) is 10.9 Å². The van der Waals surface area contributed by atoms with Gasteiger partial charge in [-0.15, -0.1) is 0 Å². The zero-order valence-corrected chi connectivity index (χ0v) is 11.4. The maximum Gasteiger partial charge on any atom is 0.417 e. The first kappa shape index (κ1) is 15.8. The fourth-order valence-corrected chi connectivity index (χ4v) is 2.39. The van der Waals surface area contributed by atoms with Gasteiger partial charge in [-0.1, -0.05) is 12.1 Å². The third kappa shape index (κ3) is 3.36. The molecule has 1 saturated heterocycles. The molecule has 21 heavy (non-hydrogen) atoms. The molecule has 1 heterocycles. The Hall–Kier alpha value is -1.60. The summed E-state index contributed by atoms with van der Waals surface area (Å²) in [7, 11) is 0. The lowest BCUT2D eigenvalue weighted by Crippen LogP contribution is -2.31. The third-order valence-electron chi connectivity index (χ3n) is 3.37. The predicted molar refractivity (Wildman–Crippen MR) is 68.8 cm³/mol. The van der Waals surface area contributed by atoms with Gasteiger partial charge in [0.1, 0.15) is 6.10 Å². The van der Waals surface area contributed by atoms with E-state index in [2.05, 4.69) is 0 Å². The van der Waals surface area contributed by atoms with E-state index in [9.17, 15) is 23.1 Å². The number of likely N-dealkylation sites (tertiary alicyclic amines) is 1. The molecule has 7 heteroatoms. The SMILES string of the molecule is CCO[C@@H]1CN(C(=O)c2ccccc2C(F)(F)F)C[C@H]1O. The van der Waals surface area contributed by atoms with Crippen LogP contribution in [0.1, 0.15) is 22.8 Å². The van der Waals surface area contributed by atoms with E-state index >= 15 is 0 Å². The fraction of sp³-hybridized carbons (Fsp3) is 0.500. The van der Waals surface area contributed by atoms with Crippen LogP contribution in [-0.4, -0.2) is 47.8 Å².